The molecular weight excluding hydrogens is 174 g/mol. The van der Waals surface area contributed by atoms with Gasteiger partial charge < -0.3 is 5.73 Å². The average Bonchev–Trinajstić information content (AvgIpc) is 2.12. The van der Waals surface area contributed by atoms with E-state index in [1.807, 2.05) is 24.3 Å². The van der Waals surface area contributed by atoms with Crippen LogP contribution in [-0.2, 0) is 0 Å². The number of aliphatic imine (C=N–C) groups is 1. The van der Waals surface area contributed by atoms with Crippen molar-refractivity contribution in [3.63, 3.8) is 0 Å². The lowest BCUT2D eigenvalue weighted by Crippen LogP contribution is -2.28. The number of fused-ring (bicyclic) bond motifs is 1. The number of hydrogen-bond acceptors (Lipinski definition) is 3. The summed E-state index contributed by atoms with van der Waals surface area (Å²) in [6, 6.07) is 7.68. The predicted molar refractivity (Wildman–Crippen MR) is 49.2 cm³/mol. The van der Waals surface area contributed by atoms with E-state index in [9.17, 15) is 0 Å². The minimum Gasteiger partial charge on any atom is -0.306 e. The van der Waals surface area contributed by atoms with Gasteiger partial charge in [0.1, 0.15) is 12.5 Å². The quantitative estimate of drug-likeness (QED) is 0.620. The molecule has 3 nitrogen and oxygen atoms in total. The molecule has 0 aliphatic carbocycles. The molecule has 1 heterocycles. The normalized spacial score (nSPS) is 20.8. The van der Waals surface area contributed by atoms with Crippen molar-refractivity contribution < 1.29 is 0 Å². The predicted octanol–water partition coefficient (Wildman–Crippen LogP) is 1.77. The van der Waals surface area contributed by atoms with Gasteiger partial charge in [0.05, 0.1) is 5.69 Å². The van der Waals surface area contributed by atoms with Crippen LogP contribution >= 0.6 is 11.8 Å². The van der Waals surface area contributed by atoms with Crippen molar-refractivity contribution in [2.24, 2.45) is 10.7 Å². The Bertz CT molecular complexity index is 324. The van der Waals surface area contributed by atoms with Gasteiger partial charge in [0, 0.05) is 17.3 Å². The highest BCUT2D eigenvalue weighted by Crippen LogP contribution is 2.29. The van der Waals surface area contributed by atoms with Gasteiger partial charge in [0.2, 0.25) is 0 Å². The summed E-state index contributed by atoms with van der Waals surface area (Å²) in [5, 5.41) is 0. The van der Waals surface area contributed by atoms with Gasteiger partial charge in [-0.3, -0.25) is 4.42 Å². The second kappa shape index (κ2) is 2.77. The fourth-order valence-electron chi connectivity index (χ4n) is 1.18. The second-order valence-corrected chi connectivity index (χ2v) is 2.98. The minimum absolute atomic E-state index is 0.291. The molecule has 1 aliphatic rings. The van der Waals surface area contributed by atoms with E-state index >= 15 is 0 Å². The van der Waals surface area contributed by atoms with Crippen LogP contribution in [0.1, 0.15) is 11.7 Å². The summed E-state index contributed by atoms with van der Waals surface area (Å²) in [5.74, 6) is 0. The minimum atomic E-state index is -0.291. The van der Waals surface area contributed by atoms with Crippen LogP contribution in [0.2, 0.25) is 0 Å². The number of halogens is 1. The summed E-state index contributed by atoms with van der Waals surface area (Å²) >= 11 is 5.75. The first-order chi connectivity index (χ1) is 5.79. The lowest BCUT2D eigenvalue weighted by Gasteiger charge is -2.24. The number of para-hydroxylation sites is 1. The number of hydrogen-bond donors (Lipinski definition) is 1. The van der Waals surface area contributed by atoms with E-state index < -0.39 is 0 Å². The summed E-state index contributed by atoms with van der Waals surface area (Å²) in [5.41, 5.74) is 7.64. The molecule has 12 heavy (non-hydrogen) atoms. The highest BCUT2D eigenvalue weighted by Gasteiger charge is 2.18. The Morgan fingerprint density at radius 3 is 3.00 bits per heavy atom. The smallest absolute Gasteiger partial charge is 0.122 e. The number of benzene rings is 1. The van der Waals surface area contributed by atoms with Crippen molar-refractivity contribution >= 4 is 23.8 Å². The zero-order valence-corrected chi connectivity index (χ0v) is 7.07. The van der Waals surface area contributed by atoms with Gasteiger partial charge in [0.15, 0.2) is 0 Å². The monoisotopic (exact) mass is 181 g/mol. The molecule has 0 aromatic heterocycles. The van der Waals surface area contributed by atoms with Crippen molar-refractivity contribution in [2.45, 2.75) is 6.17 Å². The first-order valence-electron chi connectivity index (χ1n) is 3.62. The Balaban J connectivity index is 2.52. The molecule has 0 saturated carbocycles. The molecule has 0 spiro atoms. The third-order valence-electron chi connectivity index (χ3n) is 1.83. The lowest BCUT2D eigenvalue weighted by atomic mass is 10.1. The Morgan fingerprint density at radius 1 is 1.42 bits per heavy atom. The van der Waals surface area contributed by atoms with Gasteiger partial charge in [-0.2, -0.15) is 0 Å². The van der Waals surface area contributed by atoms with Gasteiger partial charge >= 0.3 is 0 Å². The van der Waals surface area contributed by atoms with Crippen LogP contribution in [0, 0.1) is 0 Å². The van der Waals surface area contributed by atoms with Crippen LogP contribution in [0.3, 0.4) is 0 Å². The summed E-state index contributed by atoms with van der Waals surface area (Å²) in [4.78, 5) is 4.11. The highest BCUT2D eigenvalue weighted by atomic mass is 35.5. The van der Waals surface area contributed by atoms with E-state index in [0.29, 0.717) is 0 Å². The molecule has 1 aliphatic heterocycles. The molecule has 2 rings (SSSR count). The van der Waals surface area contributed by atoms with Crippen molar-refractivity contribution in [1.82, 2.24) is 4.42 Å². The van der Waals surface area contributed by atoms with E-state index in [2.05, 4.69) is 4.99 Å². The fraction of sp³-hybridized carbons (Fsp3) is 0.125. The number of nitrogens with two attached hydrogens (primary N) is 1. The molecule has 0 amide bonds. The molecular formula is C8H8ClN3. The van der Waals surface area contributed by atoms with Crippen molar-refractivity contribution in [1.29, 1.82) is 0 Å². The van der Waals surface area contributed by atoms with Crippen LogP contribution in [0.25, 0.3) is 0 Å². The Labute approximate surface area is 75.6 Å². The second-order valence-electron chi connectivity index (χ2n) is 2.59. The third kappa shape index (κ3) is 1.07. The maximum absolute atomic E-state index is 5.79. The molecule has 1 unspecified atom stereocenters. The van der Waals surface area contributed by atoms with Crippen LogP contribution < -0.4 is 5.73 Å². The van der Waals surface area contributed by atoms with Crippen LogP contribution in [0.4, 0.5) is 5.69 Å². The van der Waals surface area contributed by atoms with Crippen LogP contribution in [0.5, 0.6) is 0 Å². The van der Waals surface area contributed by atoms with Crippen molar-refractivity contribution in [3.05, 3.63) is 29.8 Å². The average molecular weight is 182 g/mol. The molecule has 1 aromatic carbocycles. The van der Waals surface area contributed by atoms with Crippen LogP contribution in [-0.4, -0.2) is 10.8 Å². The topological polar surface area (TPSA) is 41.6 Å². The number of nitrogens with zero attached hydrogens (tertiary/aromatic N) is 2. The molecule has 0 saturated heterocycles. The molecule has 2 N–H and O–H groups in total. The Hall–Kier alpha value is -1.06. The Kier molecular flexibility index (Phi) is 1.75. The maximum atomic E-state index is 5.79. The van der Waals surface area contributed by atoms with E-state index in [0.717, 1.165) is 11.3 Å². The molecule has 0 radical (unpaired) electrons. The standard InChI is InChI=1S/C8H8ClN3/c9-12-5-11-7-4-2-1-3-6(7)8(12)10/h1-5,8H,10H2. The fourth-order valence-corrected chi connectivity index (χ4v) is 1.33. The maximum Gasteiger partial charge on any atom is 0.122 e. The summed E-state index contributed by atoms with van der Waals surface area (Å²) in [6.45, 7) is 0. The molecule has 0 bridgehead atoms. The van der Waals surface area contributed by atoms with Gasteiger partial charge in [-0.1, -0.05) is 18.2 Å². The van der Waals surface area contributed by atoms with Crippen molar-refractivity contribution in [2.75, 3.05) is 0 Å². The molecule has 62 valence electrons. The molecule has 0 fully saturated rings. The molecule has 1 atom stereocenters. The number of rotatable bonds is 0. The summed E-state index contributed by atoms with van der Waals surface area (Å²) in [6.07, 6.45) is 1.23. The zero-order valence-electron chi connectivity index (χ0n) is 6.31. The van der Waals surface area contributed by atoms with Gasteiger partial charge in [-0.05, 0) is 6.07 Å². The molecule has 1 aromatic rings. The Morgan fingerprint density at radius 2 is 2.17 bits per heavy atom. The lowest BCUT2D eigenvalue weighted by molar-refractivity contribution is 0.501. The highest BCUT2D eigenvalue weighted by molar-refractivity contribution is 6.19. The van der Waals surface area contributed by atoms with E-state index in [4.69, 9.17) is 17.5 Å². The SMILES string of the molecule is NC1c2ccccc2N=CN1Cl. The first-order valence-corrected chi connectivity index (χ1v) is 3.95. The van der Waals surface area contributed by atoms with E-state index in [-0.39, 0.29) is 6.17 Å². The van der Waals surface area contributed by atoms with Gasteiger partial charge in [0.25, 0.3) is 0 Å². The molecule has 4 heteroatoms. The largest absolute Gasteiger partial charge is 0.306 e. The van der Waals surface area contributed by atoms with Gasteiger partial charge in [-0.25, -0.2) is 4.99 Å². The van der Waals surface area contributed by atoms with Crippen molar-refractivity contribution in [3.8, 4) is 0 Å². The third-order valence-corrected chi connectivity index (χ3v) is 2.13. The van der Waals surface area contributed by atoms with E-state index in [1.54, 1.807) is 0 Å². The first kappa shape index (κ1) is 7.58. The summed E-state index contributed by atoms with van der Waals surface area (Å²) < 4.78 is 1.36. The van der Waals surface area contributed by atoms with Crippen LogP contribution in [0.15, 0.2) is 29.3 Å². The zero-order chi connectivity index (χ0) is 8.55. The van der Waals surface area contributed by atoms with Gasteiger partial charge in [-0.15, -0.1) is 0 Å². The summed E-state index contributed by atoms with van der Waals surface area (Å²) in [7, 11) is 0. The van der Waals surface area contributed by atoms with E-state index in [1.165, 1.54) is 10.8 Å².